The normalized spacial score (nSPS) is 12.3. The fourth-order valence-electron chi connectivity index (χ4n) is 1.52. The smallest absolute Gasteiger partial charge is 0.277 e. The number of carbonyl (C=O) groups excluding carboxylic acids is 1. The molecule has 0 aliphatic carbocycles. The molecule has 1 atom stereocenters. The molecule has 106 valence electrons. The molecule has 0 saturated heterocycles. The summed E-state index contributed by atoms with van der Waals surface area (Å²) in [7, 11) is 0. The van der Waals surface area contributed by atoms with Gasteiger partial charge < -0.3 is 4.42 Å². The average Bonchev–Trinajstić information content (AvgIpc) is 2.86. The molecular weight excluding hydrogens is 316 g/mol. The maximum absolute atomic E-state index is 12.2. The average molecular weight is 329 g/mol. The van der Waals surface area contributed by atoms with Gasteiger partial charge in [-0.1, -0.05) is 23.4 Å². The monoisotopic (exact) mass is 328 g/mol. The number of hydrogen-bond acceptors (Lipinski definition) is 6. The molecule has 1 heterocycles. The molecule has 1 unspecified atom stereocenters. The summed E-state index contributed by atoms with van der Waals surface area (Å²) >= 11 is 8.68. The van der Waals surface area contributed by atoms with Crippen molar-refractivity contribution < 1.29 is 9.21 Å². The first kappa shape index (κ1) is 15.4. The second-order valence-electron chi connectivity index (χ2n) is 4.03. The molecule has 0 saturated carbocycles. The zero-order chi connectivity index (χ0) is 14.5. The van der Waals surface area contributed by atoms with Crippen LogP contribution >= 0.6 is 35.1 Å². The van der Waals surface area contributed by atoms with Crippen LogP contribution in [0.5, 0.6) is 0 Å². The van der Waals surface area contributed by atoms with E-state index in [1.54, 1.807) is 36.0 Å². The Labute approximate surface area is 130 Å². The van der Waals surface area contributed by atoms with Crippen molar-refractivity contribution in [2.45, 2.75) is 23.1 Å². The molecule has 1 aromatic heterocycles. The van der Waals surface area contributed by atoms with Crippen molar-refractivity contribution in [2.75, 3.05) is 6.26 Å². The van der Waals surface area contributed by atoms with Gasteiger partial charge in [-0.3, -0.25) is 4.79 Å². The van der Waals surface area contributed by atoms with Crippen LogP contribution in [0.25, 0.3) is 0 Å². The van der Waals surface area contributed by atoms with Gasteiger partial charge in [-0.25, -0.2) is 0 Å². The van der Waals surface area contributed by atoms with Crippen LogP contribution in [0.1, 0.15) is 23.2 Å². The van der Waals surface area contributed by atoms with Crippen LogP contribution in [0.4, 0.5) is 0 Å². The molecule has 2 rings (SSSR count). The summed E-state index contributed by atoms with van der Waals surface area (Å²) in [6.07, 6.45) is 1.96. The number of aromatic nitrogens is 2. The lowest BCUT2D eigenvalue weighted by molar-refractivity contribution is 0.0993. The fourth-order valence-corrected chi connectivity index (χ4v) is 2.79. The number of hydrogen-bond donors (Lipinski definition) is 0. The van der Waals surface area contributed by atoms with Crippen molar-refractivity contribution in [1.82, 2.24) is 10.2 Å². The lowest BCUT2D eigenvalue weighted by Crippen LogP contribution is -2.13. The zero-order valence-corrected chi connectivity index (χ0v) is 13.4. The lowest BCUT2D eigenvalue weighted by Gasteiger charge is -2.07. The SMILES string of the molecule is CSCc1nnc(SC(C)C(=O)c2ccc(Cl)cc2)o1. The summed E-state index contributed by atoms with van der Waals surface area (Å²) in [5.74, 6) is 1.26. The number of thioether (sulfide) groups is 2. The van der Waals surface area contributed by atoms with Gasteiger partial charge in [-0.05, 0) is 37.4 Å². The first-order chi connectivity index (χ1) is 9.60. The highest BCUT2D eigenvalue weighted by atomic mass is 35.5. The Morgan fingerprint density at radius 2 is 2.05 bits per heavy atom. The molecule has 0 fully saturated rings. The fraction of sp³-hybridized carbons (Fsp3) is 0.308. The molecule has 0 amide bonds. The number of carbonyl (C=O) groups is 1. The number of rotatable bonds is 6. The molecule has 4 nitrogen and oxygen atoms in total. The maximum Gasteiger partial charge on any atom is 0.277 e. The van der Waals surface area contributed by atoms with E-state index in [9.17, 15) is 4.79 Å². The molecule has 0 N–H and O–H groups in total. The van der Waals surface area contributed by atoms with E-state index in [4.69, 9.17) is 16.0 Å². The Morgan fingerprint density at radius 1 is 1.35 bits per heavy atom. The van der Waals surface area contributed by atoms with Gasteiger partial charge in [0, 0.05) is 10.6 Å². The topological polar surface area (TPSA) is 56.0 Å². The minimum atomic E-state index is -0.293. The van der Waals surface area contributed by atoms with Crippen molar-refractivity contribution in [1.29, 1.82) is 0 Å². The van der Waals surface area contributed by atoms with Crippen molar-refractivity contribution in [2.24, 2.45) is 0 Å². The van der Waals surface area contributed by atoms with Crippen LogP contribution < -0.4 is 0 Å². The number of Topliss-reactive ketones (excluding diaryl/α,β-unsaturated/α-hetero) is 1. The highest BCUT2D eigenvalue weighted by Gasteiger charge is 2.19. The first-order valence-corrected chi connectivity index (χ1v) is 8.53. The molecule has 2 aromatic rings. The first-order valence-electron chi connectivity index (χ1n) is 5.88. The van der Waals surface area contributed by atoms with Gasteiger partial charge in [-0.2, -0.15) is 11.8 Å². The second kappa shape index (κ2) is 7.15. The van der Waals surface area contributed by atoms with Crippen molar-refractivity contribution >= 4 is 40.9 Å². The van der Waals surface area contributed by atoms with E-state index >= 15 is 0 Å². The number of ketones is 1. The van der Waals surface area contributed by atoms with Gasteiger partial charge in [0.2, 0.25) is 5.89 Å². The van der Waals surface area contributed by atoms with Crippen LogP contribution in [-0.4, -0.2) is 27.5 Å². The van der Waals surface area contributed by atoms with Gasteiger partial charge in [0.25, 0.3) is 5.22 Å². The minimum Gasteiger partial charge on any atom is -0.415 e. The highest BCUT2D eigenvalue weighted by Crippen LogP contribution is 2.25. The van der Waals surface area contributed by atoms with E-state index in [0.717, 1.165) is 0 Å². The van der Waals surface area contributed by atoms with Gasteiger partial charge >= 0.3 is 0 Å². The van der Waals surface area contributed by atoms with E-state index in [1.165, 1.54) is 11.8 Å². The minimum absolute atomic E-state index is 0.0104. The molecule has 20 heavy (non-hydrogen) atoms. The number of benzene rings is 1. The van der Waals surface area contributed by atoms with Crippen molar-refractivity contribution in [3.8, 4) is 0 Å². The van der Waals surface area contributed by atoms with Crippen LogP contribution in [0.2, 0.25) is 5.02 Å². The van der Waals surface area contributed by atoms with E-state index in [-0.39, 0.29) is 11.0 Å². The Balaban J connectivity index is 2.01. The molecule has 1 aromatic carbocycles. The number of halogens is 1. The van der Waals surface area contributed by atoms with Gasteiger partial charge in [0.05, 0.1) is 11.0 Å². The van der Waals surface area contributed by atoms with Crippen LogP contribution in [0.3, 0.4) is 0 Å². The van der Waals surface area contributed by atoms with E-state index in [1.807, 2.05) is 13.2 Å². The molecule has 0 spiro atoms. The molecule has 7 heteroatoms. The summed E-state index contributed by atoms with van der Waals surface area (Å²) in [4.78, 5) is 12.2. The van der Waals surface area contributed by atoms with Crippen molar-refractivity contribution in [3.63, 3.8) is 0 Å². The van der Waals surface area contributed by atoms with Gasteiger partial charge in [0.15, 0.2) is 5.78 Å². The third kappa shape index (κ3) is 4.01. The Morgan fingerprint density at radius 3 is 2.70 bits per heavy atom. The second-order valence-corrected chi connectivity index (χ2v) is 6.62. The summed E-state index contributed by atoms with van der Waals surface area (Å²) < 4.78 is 5.45. The molecule has 0 aliphatic heterocycles. The Bertz CT molecular complexity index is 586. The standard InChI is InChI=1S/C13H13ClN2O2S2/c1-8(12(17)9-3-5-10(14)6-4-9)20-13-16-15-11(18-13)7-19-2/h3-6,8H,7H2,1-2H3. The largest absolute Gasteiger partial charge is 0.415 e. The summed E-state index contributed by atoms with van der Waals surface area (Å²) in [5.41, 5.74) is 0.623. The Hall–Kier alpha value is -0.980. The van der Waals surface area contributed by atoms with E-state index < -0.39 is 0 Å². The zero-order valence-electron chi connectivity index (χ0n) is 11.0. The molecular formula is C13H13ClN2O2S2. The predicted octanol–water partition coefficient (Wildman–Crippen LogP) is 3.95. The predicted molar refractivity (Wildman–Crippen MR) is 82.6 cm³/mol. The maximum atomic E-state index is 12.2. The summed E-state index contributed by atoms with van der Waals surface area (Å²) in [6, 6.07) is 6.84. The third-order valence-corrected chi connectivity index (χ3v) is 4.21. The van der Waals surface area contributed by atoms with Gasteiger partial charge in [0.1, 0.15) is 0 Å². The van der Waals surface area contributed by atoms with E-state index in [0.29, 0.717) is 27.5 Å². The summed E-state index contributed by atoms with van der Waals surface area (Å²) in [5, 5.41) is 8.58. The summed E-state index contributed by atoms with van der Waals surface area (Å²) in [6.45, 7) is 1.82. The highest BCUT2D eigenvalue weighted by molar-refractivity contribution is 8.00. The van der Waals surface area contributed by atoms with Gasteiger partial charge in [-0.15, -0.1) is 10.2 Å². The van der Waals surface area contributed by atoms with Crippen LogP contribution in [0.15, 0.2) is 33.9 Å². The van der Waals surface area contributed by atoms with E-state index in [2.05, 4.69) is 10.2 Å². The van der Waals surface area contributed by atoms with Crippen LogP contribution in [-0.2, 0) is 5.75 Å². The Kier molecular flexibility index (Phi) is 5.51. The van der Waals surface area contributed by atoms with Crippen LogP contribution in [0, 0.1) is 0 Å². The molecule has 0 bridgehead atoms. The van der Waals surface area contributed by atoms with Crippen molar-refractivity contribution in [3.05, 3.63) is 40.7 Å². The lowest BCUT2D eigenvalue weighted by atomic mass is 10.1. The quantitative estimate of drug-likeness (QED) is 0.591. The third-order valence-electron chi connectivity index (χ3n) is 2.49. The molecule has 0 aliphatic rings. The number of nitrogens with zero attached hydrogens (tertiary/aromatic N) is 2. The molecule has 0 radical (unpaired) electrons.